The Morgan fingerprint density at radius 3 is 2.52 bits per heavy atom. The first kappa shape index (κ1) is 18.9. The van der Waals surface area contributed by atoms with E-state index in [4.69, 9.17) is 9.84 Å². The third-order valence-corrected chi connectivity index (χ3v) is 4.31. The van der Waals surface area contributed by atoms with E-state index in [1.54, 1.807) is 7.11 Å². The second-order valence-electron chi connectivity index (χ2n) is 6.77. The molecule has 1 amide bonds. The van der Waals surface area contributed by atoms with Crippen molar-refractivity contribution < 1.29 is 9.53 Å². The molecule has 5 nitrogen and oxygen atoms in total. The summed E-state index contributed by atoms with van der Waals surface area (Å²) in [6.07, 6.45) is 1.82. The van der Waals surface area contributed by atoms with Crippen molar-refractivity contribution in [3.63, 3.8) is 0 Å². The Morgan fingerprint density at radius 1 is 1.15 bits per heavy atom. The first-order chi connectivity index (χ1) is 13.1. The number of rotatable bonds is 7. The van der Waals surface area contributed by atoms with Crippen LogP contribution >= 0.6 is 0 Å². The fourth-order valence-electron chi connectivity index (χ4n) is 2.96. The zero-order valence-corrected chi connectivity index (χ0v) is 16.0. The van der Waals surface area contributed by atoms with Gasteiger partial charge in [0.2, 0.25) is 0 Å². The van der Waals surface area contributed by atoms with Crippen molar-refractivity contribution in [2.24, 2.45) is 0 Å². The molecule has 1 aromatic heterocycles. The summed E-state index contributed by atoms with van der Waals surface area (Å²) in [4.78, 5) is 12.8. The van der Waals surface area contributed by atoms with Gasteiger partial charge in [0.05, 0.1) is 18.7 Å². The SMILES string of the molecule is COCC(C)NC(=O)c1cn(Cc2ccccc2)nc1-c1ccc(C)cc1. The zero-order chi connectivity index (χ0) is 19.2. The molecule has 1 atom stereocenters. The average Bonchev–Trinajstić information content (AvgIpc) is 3.07. The van der Waals surface area contributed by atoms with Gasteiger partial charge < -0.3 is 10.1 Å². The Hall–Kier alpha value is -2.92. The molecule has 5 heteroatoms. The van der Waals surface area contributed by atoms with Crippen molar-refractivity contribution in [3.05, 3.63) is 77.5 Å². The molecule has 2 aromatic carbocycles. The maximum absolute atomic E-state index is 12.8. The van der Waals surface area contributed by atoms with Crippen LogP contribution in [0.2, 0.25) is 0 Å². The Labute approximate surface area is 160 Å². The number of aryl methyl sites for hydroxylation is 1. The topological polar surface area (TPSA) is 56.1 Å². The second-order valence-corrected chi connectivity index (χ2v) is 6.77. The van der Waals surface area contributed by atoms with Gasteiger partial charge in [0.15, 0.2) is 0 Å². The molecule has 0 bridgehead atoms. The van der Waals surface area contributed by atoms with Crippen LogP contribution in [0.25, 0.3) is 11.3 Å². The number of hydrogen-bond donors (Lipinski definition) is 1. The van der Waals surface area contributed by atoms with Gasteiger partial charge in [-0.25, -0.2) is 0 Å². The molecule has 3 rings (SSSR count). The van der Waals surface area contributed by atoms with Crippen LogP contribution in [-0.2, 0) is 11.3 Å². The highest BCUT2D eigenvalue weighted by Crippen LogP contribution is 2.23. The van der Waals surface area contributed by atoms with E-state index in [2.05, 4.69) is 5.32 Å². The van der Waals surface area contributed by atoms with Crippen molar-refractivity contribution in [2.75, 3.05) is 13.7 Å². The van der Waals surface area contributed by atoms with E-state index < -0.39 is 0 Å². The van der Waals surface area contributed by atoms with Gasteiger partial charge in [-0.05, 0) is 19.4 Å². The molecule has 27 heavy (non-hydrogen) atoms. The van der Waals surface area contributed by atoms with Gasteiger partial charge in [-0.1, -0.05) is 60.2 Å². The van der Waals surface area contributed by atoms with Gasteiger partial charge in [0.25, 0.3) is 5.91 Å². The lowest BCUT2D eigenvalue weighted by Gasteiger charge is -2.12. The van der Waals surface area contributed by atoms with Crippen LogP contribution in [0.1, 0.15) is 28.4 Å². The number of nitrogens with zero attached hydrogens (tertiary/aromatic N) is 2. The number of aromatic nitrogens is 2. The highest BCUT2D eigenvalue weighted by atomic mass is 16.5. The predicted octanol–water partition coefficient (Wildman–Crippen LogP) is 3.67. The number of carbonyl (C=O) groups is 1. The van der Waals surface area contributed by atoms with Crippen molar-refractivity contribution in [3.8, 4) is 11.3 Å². The fraction of sp³-hybridized carbons (Fsp3) is 0.273. The molecule has 0 fully saturated rings. The van der Waals surface area contributed by atoms with Gasteiger partial charge in [-0.15, -0.1) is 0 Å². The van der Waals surface area contributed by atoms with E-state index in [1.807, 2.05) is 79.3 Å². The Kier molecular flexibility index (Phi) is 6.04. The van der Waals surface area contributed by atoms with Gasteiger partial charge in [-0.2, -0.15) is 5.10 Å². The third kappa shape index (κ3) is 4.83. The van der Waals surface area contributed by atoms with Crippen molar-refractivity contribution in [1.29, 1.82) is 0 Å². The summed E-state index contributed by atoms with van der Waals surface area (Å²) in [5.41, 5.74) is 4.49. The summed E-state index contributed by atoms with van der Waals surface area (Å²) in [5.74, 6) is -0.144. The highest BCUT2D eigenvalue weighted by molar-refractivity contribution is 6.00. The summed E-state index contributed by atoms with van der Waals surface area (Å²) < 4.78 is 6.94. The largest absolute Gasteiger partial charge is 0.383 e. The van der Waals surface area contributed by atoms with Crippen molar-refractivity contribution >= 4 is 5.91 Å². The number of ether oxygens (including phenoxy) is 1. The van der Waals surface area contributed by atoms with Gasteiger partial charge in [0.1, 0.15) is 5.69 Å². The van der Waals surface area contributed by atoms with Crippen LogP contribution in [0.4, 0.5) is 0 Å². The lowest BCUT2D eigenvalue weighted by Crippen LogP contribution is -2.35. The van der Waals surface area contributed by atoms with Crippen LogP contribution in [0.3, 0.4) is 0 Å². The molecule has 3 aromatic rings. The van der Waals surface area contributed by atoms with Crippen LogP contribution in [0.5, 0.6) is 0 Å². The average molecular weight is 363 g/mol. The first-order valence-electron chi connectivity index (χ1n) is 9.05. The number of methoxy groups -OCH3 is 1. The first-order valence-corrected chi connectivity index (χ1v) is 9.05. The van der Waals surface area contributed by atoms with Crippen molar-refractivity contribution in [2.45, 2.75) is 26.4 Å². The Balaban J connectivity index is 1.93. The summed E-state index contributed by atoms with van der Waals surface area (Å²) in [5, 5.41) is 7.68. The molecule has 0 aliphatic heterocycles. The van der Waals surface area contributed by atoms with E-state index in [1.165, 1.54) is 5.56 Å². The highest BCUT2D eigenvalue weighted by Gasteiger charge is 2.19. The fourth-order valence-corrected chi connectivity index (χ4v) is 2.96. The van der Waals surface area contributed by atoms with Crippen LogP contribution in [0.15, 0.2) is 60.8 Å². The van der Waals surface area contributed by atoms with Crippen molar-refractivity contribution in [1.82, 2.24) is 15.1 Å². The lowest BCUT2D eigenvalue weighted by atomic mass is 10.1. The molecular formula is C22H25N3O2. The summed E-state index contributed by atoms with van der Waals surface area (Å²) in [7, 11) is 1.62. The summed E-state index contributed by atoms with van der Waals surface area (Å²) in [6, 6.07) is 18.1. The van der Waals surface area contributed by atoms with Gasteiger partial charge in [0, 0.05) is 24.9 Å². The molecular weight excluding hydrogens is 338 g/mol. The van der Waals surface area contributed by atoms with E-state index in [0.717, 1.165) is 11.1 Å². The molecule has 0 aliphatic carbocycles. The number of benzene rings is 2. The molecule has 1 unspecified atom stereocenters. The molecule has 0 saturated carbocycles. The molecule has 0 spiro atoms. The number of nitrogens with one attached hydrogen (secondary N) is 1. The minimum Gasteiger partial charge on any atom is -0.383 e. The number of amides is 1. The minimum atomic E-state index is -0.144. The number of carbonyl (C=O) groups excluding carboxylic acids is 1. The maximum atomic E-state index is 12.8. The van der Waals surface area contributed by atoms with Crippen LogP contribution in [-0.4, -0.2) is 35.4 Å². The quantitative estimate of drug-likeness (QED) is 0.697. The number of hydrogen-bond acceptors (Lipinski definition) is 3. The molecule has 0 saturated heterocycles. The van der Waals surface area contributed by atoms with E-state index >= 15 is 0 Å². The van der Waals surface area contributed by atoms with E-state index in [-0.39, 0.29) is 11.9 Å². The molecule has 140 valence electrons. The summed E-state index contributed by atoms with van der Waals surface area (Å²) in [6.45, 7) is 5.03. The molecule has 0 radical (unpaired) electrons. The van der Waals surface area contributed by atoms with Gasteiger partial charge in [-0.3, -0.25) is 9.48 Å². The molecule has 1 heterocycles. The lowest BCUT2D eigenvalue weighted by molar-refractivity contribution is 0.0906. The van der Waals surface area contributed by atoms with Crippen LogP contribution in [0, 0.1) is 6.92 Å². The summed E-state index contributed by atoms with van der Waals surface area (Å²) >= 11 is 0. The zero-order valence-electron chi connectivity index (χ0n) is 16.0. The molecule has 1 N–H and O–H groups in total. The van der Waals surface area contributed by atoms with Crippen LogP contribution < -0.4 is 5.32 Å². The third-order valence-electron chi connectivity index (χ3n) is 4.31. The van der Waals surface area contributed by atoms with E-state index in [0.29, 0.717) is 24.4 Å². The Morgan fingerprint density at radius 2 is 1.85 bits per heavy atom. The Bertz CT molecular complexity index is 886. The monoisotopic (exact) mass is 363 g/mol. The smallest absolute Gasteiger partial charge is 0.255 e. The maximum Gasteiger partial charge on any atom is 0.255 e. The second kappa shape index (κ2) is 8.64. The molecule has 0 aliphatic rings. The predicted molar refractivity (Wildman–Crippen MR) is 107 cm³/mol. The van der Waals surface area contributed by atoms with Gasteiger partial charge >= 0.3 is 0 Å². The standard InChI is InChI=1S/C22H25N3O2/c1-16-9-11-19(12-10-16)21-20(22(26)23-17(2)15-27-3)14-25(24-21)13-18-7-5-4-6-8-18/h4-12,14,17H,13,15H2,1-3H3,(H,23,26). The normalized spacial score (nSPS) is 12.0. The van der Waals surface area contributed by atoms with E-state index in [9.17, 15) is 4.79 Å². The minimum absolute atomic E-state index is 0.0779.